The maximum Gasteiger partial charge on any atom is 0.325 e. The average molecular weight is 394 g/mol. The zero-order valence-electron chi connectivity index (χ0n) is 14.4. The number of hydrogen-bond donors (Lipinski definition) is 1. The molecule has 1 N–H and O–H groups in total. The monoisotopic (exact) mass is 393 g/mol. The number of nitrogens with zero attached hydrogens (tertiary/aromatic N) is 1. The Hall–Kier alpha value is -1.89. The Morgan fingerprint density at radius 2 is 2.15 bits per heavy atom. The van der Waals surface area contributed by atoms with Crippen LogP contribution < -0.4 is 4.74 Å². The summed E-state index contributed by atoms with van der Waals surface area (Å²) in [5.74, 6) is -1.16. The van der Waals surface area contributed by atoms with Crippen LogP contribution in [-0.2, 0) is 22.6 Å². The molecule has 0 saturated carbocycles. The number of carboxylic acids is 1. The molecule has 1 aliphatic rings. The third kappa shape index (κ3) is 4.09. The van der Waals surface area contributed by atoms with Crippen molar-refractivity contribution >= 4 is 34.9 Å². The van der Waals surface area contributed by atoms with Gasteiger partial charge < -0.3 is 9.84 Å². The predicted octanol–water partition coefficient (Wildman–Crippen LogP) is 4.29. The van der Waals surface area contributed by atoms with Crippen molar-refractivity contribution < 1.29 is 19.4 Å². The van der Waals surface area contributed by atoms with Gasteiger partial charge in [0.2, 0.25) is 0 Å². The minimum atomic E-state index is -0.925. The number of benzene rings is 1. The van der Waals surface area contributed by atoms with Crippen LogP contribution in [0.5, 0.6) is 5.06 Å². The van der Waals surface area contributed by atoms with Crippen LogP contribution in [0.15, 0.2) is 30.3 Å². The molecule has 5 nitrogen and oxygen atoms in total. The van der Waals surface area contributed by atoms with E-state index >= 15 is 0 Å². The van der Waals surface area contributed by atoms with E-state index < -0.39 is 12.0 Å². The van der Waals surface area contributed by atoms with Crippen molar-refractivity contribution in [1.82, 2.24) is 4.90 Å². The van der Waals surface area contributed by atoms with E-state index in [0.717, 1.165) is 23.3 Å². The third-order valence-corrected chi connectivity index (χ3v) is 5.80. The van der Waals surface area contributed by atoms with E-state index in [1.54, 1.807) is 24.3 Å². The van der Waals surface area contributed by atoms with Crippen molar-refractivity contribution in [1.29, 1.82) is 0 Å². The summed E-state index contributed by atoms with van der Waals surface area (Å²) in [7, 11) is 0. The Bertz CT molecular complexity index is 820. The molecule has 0 fully saturated rings. The van der Waals surface area contributed by atoms with Crippen LogP contribution in [0.1, 0.15) is 41.8 Å². The standard InChI is InChI=1S/C19H20ClNO4S/c1-2-5-16(22)25-17-10-12-11-21(9-8-15(12)26-17)18(19(23)24)13-6-3-4-7-14(13)20/h3-4,6-7,10,18H,2,5,8-9,11H2,1H3,(H,23,24)/t18-/m0/s1. The summed E-state index contributed by atoms with van der Waals surface area (Å²) in [4.78, 5) is 26.7. The molecule has 0 unspecified atom stereocenters. The number of halogens is 1. The van der Waals surface area contributed by atoms with Gasteiger partial charge in [0.25, 0.3) is 0 Å². The second-order valence-electron chi connectivity index (χ2n) is 6.22. The molecule has 3 rings (SSSR count). The van der Waals surface area contributed by atoms with E-state index in [9.17, 15) is 14.7 Å². The lowest BCUT2D eigenvalue weighted by Gasteiger charge is -2.32. The van der Waals surface area contributed by atoms with Crippen LogP contribution in [0, 0.1) is 0 Å². The summed E-state index contributed by atoms with van der Waals surface area (Å²) >= 11 is 7.70. The fraction of sp³-hybridized carbons (Fsp3) is 0.368. The highest BCUT2D eigenvalue weighted by Gasteiger charge is 2.32. The Labute approximate surface area is 161 Å². The molecule has 2 aromatic rings. The summed E-state index contributed by atoms with van der Waals surface area (Å²) < 4.78 is 5.38. The fourth-order valence-corrected chi connectivity index (χ4v) is 4.41. The highest BCUT2D eigenvalue weighted by molar-refractivity contribution is 7.14. The maximum absolute atomic E-state index is 11.9. The number of hydrogen-bond acceptors (Lipinski definition) is 5. The number of ether oxygens (including phenoxy) is 1. The molecule has 1 aromatic carbocycles. The predicted molar refractivity (Wildman–Crippen MR) is 101 cm³/mol. The number of rotatable bonds is 6. The zero-order valence-corrected chi connectivity index (χ0v) is 16.0. The molecule has 0 radical (unpaired) electrons. The van der Waals surface area contributed by atoms with E-state index in [0.29, 0.717) is 35.2 Å². The molecule has 1 atom stereocenters. The summed E-state index contributed by atoms with van der Waals surface area (Å²) in [6, 6.07) is 8.09. The van der Waals surface area contributed by atoms with Gasteiger partial charge in [-0.25, -0.2) is 0 Å². The van der Waals surface area contributed by atoms with Crippen molar-refractivity contribution in [3.8, 4) is 5.06 Å². The van der Waals surface area contributed by atoms with Gasteiger partial charge in [-0.15, -0.1) is 11.3 Å². The van der Waals surface area contributed by atoms with E-state index in [1.165, 1.54) is 11.3 Å². The normalized spacial score (nSPS) is 15.3. The van der Waals surface area contributed by atoms with Crippen LogP contribution in [0.25, 0.3) is 0 Å². The number of aliphatic carboxylic acids is 1. The van der Waals surface area contributed by atoms with Gasteiger partial charge in [-0.2, -0.15) is 0 Å². The van der Waals surface area contributed by atoms with E-state index in [2.05, 4.69) is 0 Å². The fourth-order valence-electron chi connectivity index (χ4n) is 3.15. The van der Waals surface area contributed by atoms with Crippen LogP contribution in [-0.4, -0.2) is 28.5 Å². The first kappa shape index (κ1) is 18.9. The largest absolute Gasteiger partial charge is 0.480 e. The molecule has 1 aliphatic heterocycles. The van der Waals surface area contributed by atoms with E-state index in [1.807, 2.05) is 17.9 Å². The number of fused-ring (bicyclic) bond motifs is 1. The first-order valence-electron chi connectivity index (χ1n) is 8.53. The first-order chi connectivity index (χ1) is 12.5. The number of thiophene rings is 1. The second kappa shape index (κ2) is 8.20. The molecule has 138 valence electrons. The molecular weight excluding hydrogens is 374 g/mol. The van der Waals surface area contributed by atoms with Gasteiger partial charge in [-0.05, 0) is 36.1 Å². The topological polar surface area (TPSA) is 66.8 Å². The van der Waals surface area contributed by atoms with Crippen molar-refractivity contribution in [3.05, 3.63) is 51.4 Å². The van der Waals surface area contributed by atoms with Gasteiger partial charge in [-0.3, -0.25) is 14.5 Å². The van der Waals surface area contributed by atoms with Gasteiger partial charge in [0, 0.05) is 29.4 Å². The average Bonchev–Trinajstić information content (AvgIpc) is 2.98. The molecule has 2 heterocycles. The lowest BCUT2D eigenvalue weighted by atomic mass is 10.0. The van der Waals surface area contributed by atoms with Gasteiger partial charge in [0.15, 0.2) is 5.06 Å². The van der Waals surface area contributed by atoms with E-state index in [-0.39, 0.29) is 5.97 Å². The summed E-state index contributed by atoms with van der Waals surface area (Å²) in [5, 5.41) is 10.8. The van der Waals surface area contributed by atoms with Gasteiger partial charge >= 0.3 is 11.9 Å². The van der Waals surface area contributed by atoms with Gasteiger partial charge in [-0.1, -0.05) is 36.7 Å². The van der Waals surface area contributed by atoms with E-state index in [4.69, 9.17) is 16.3 Å². The van der Waals surface area contributed by atoms with Gasteiger partial charge in [0.1, 0.15) is 6.04 Å². The zero-order chi connectivity index (χ0) is 18.7. The Balaban J connectivity index is 1.80. The minimum Gasteiger partial charge on any atom is -0.480 e. The van der Waals surface area contributed by atoms with Crippen molar-refractivity contribution in [2.75, 3.05) is 6.54 Å². The number of carboxylic acid groups (broad SMARTS) is 1. The summed E-state index contributed by atoms with van der Waals surface area (Å²) in [6.45, 7) is 3.02. The smallest absolute Gasteiger partial charge is 0.325 e. The first-order valence-corrected chi connectivity index (χ1v) is 9.72. The van der Waals surface area contributed by atoms with Crippen LogP contribution in [0.4, 0.5) is 0 Å². The Kier molecular flexibility index (Phi) is 5.96. The van der Waals surface area contributed by atoms with Crippen LogP contribution in [0.2, 0.25) is 5.02 Å². The third-order valence-electron chi connectivity index (χ3n) is 4.34. The van der Waals surface area contributed by atoms with Crippen molar-refractivity contribution in [2.45, 2.75) is 38.8 Å². The number of esters is 1. The lowest BCUT2D eigenvalue weighted by molar-refractivity contribution is -0.144. The van der Waals surface area contributed by atoms with Crippen molar-refractivity contribution in [3.63, 3.8) is 0 Å². The Morgan fingerprint density at radius 3 is 2.85 bits per heavy atom. The minimum absolute atomic E-state index is 0.234. The highest BCUT2D eigenvalue weighted by Crippen LogP contribution is 2.37. The molecular formula is C19H20ClNO4S. The quantitative estimate of drug-likeness (QED) is 0.741. The SMILES string of the molecule is CCCC(=O)Oc1cc2c(s1)CCN([C@H](C(=O)O)c1ccccc1Cl)C2. The second-order valence-corrected chi connectivity index (χ2v) is 7.73. The molecule has 0 aliphatic carbocycles. The molecule has 7 heteroatoms. The maximum atomic E-state index is 11.9. The number of carbonyl (C=O) groups excluding carboxylic acids is 1. The lowest BCUT2D eigenvalue weighted by Crippen LogP contribution is -2.37. The molecule has 0 bridgehead atoms. The number of carbonyl (C=O) groups is 2. The van der Waals surface area contributed by atoms with Crippen LogP contribution in [0.3, 0.4) is 0 Å². The van der Waals surface area contributed by atoms with Crippen molar-refractivity contribution in [2.24, 2.45) is 0 Å². The Morgan fingerprint density at radius 1 is 1.38 bits per heavy atom. The van der Waals surface area contributed by atoms with Crippen LogP contribution >= 0.6 is 22.9 Å². The summed E-state index contributed by atoms with van der Waals surface area (Å²) in [5.41, 5.74) is 1.61. The molecule has 26 heavy (non-hydrogen) atoms. The molecule has 0 saturated heterocycles. The molecule has 0 spiro atoms. The molecule has 1 aromatic heterocycles. The highest BCUT2D eigenvalue weighted by atomic mass is 35.5. The molecule has 0 amide bonds. The van der Waals surface area contributed by atoms with Gasteiger partial charge in [0.05, 0.1) is 0 Å². The summed E-state index contributed by atoms with van der Waals surface area (Å²) in [6.07, 6.45) is 1.86.